The van der Waals surface area contributed by atoms with E-state index in [0.29, 0.717) is 19.4 Å². The number of esters is 1. The van der Waals surface area contributed by atoms with Crippen molar-refractivity contribution in [2.45, 2.75) is 83.7 Å². The molecule has 8 heteroatoms. The molecule has 2 amide bonds. The van der Waals surface area contributed by atoms with Crippen LogP contribution in [0.15, 0.2) is 12.7 Å². The molecule has 3 fully saturated rings. The van der Waals surface area contributed by atoms with E-state index in [9.17, 15) is 19.5 Å². The standard InChI is InChI=1S/C24H38N2O6/c1-8-12-25(23(5,6)7)21(29)19-24-11-10-16(32-24)17(22(30)31-9-2)18(24)20(28)26(19)15(13-27)14(3)4/h8,14-19,27H,1,9-13H2,2-7H3/t15-,16+,17-,18-,19?,24?/m0/s1. The number of ether oxygens (including phenoxy) is 2. The summed E-state index contributed by atoms with van der Waals surface area (Å²) in [6, 6.07) is -1.48. The number of aliphatic hydroxyl groups excluding tert-OH is 1. The van der Waals surface area contributed by atoms with Crippen molar-refractivity contribution in [3.8, 4) is 0 Å². The minimum absolute atomic E-state index is 0.0878. The SMILES string of the molecule is C=CCN(C(=O)C1N([C@@H](CO)C(C)C)C(=O)[C@@H]2[C@@H](C(=O)OCC)[C@H]3CCC12O3)C(C)(C)C. The molecule has 0 aromatic heterocycles. The number of carbonyl (C=O) groups is 3. The highest BCUT2D eigenvalue weighted by atomic mass is 16.6. The number of hydrogen-bond acceptors (Lipinski definition) is 6. The van der Waals surface area contributed by atoms with Crippen molar-refractivity contribution in [1.82, 2.24) is 9.80 Å². The first-order valence-electron chi connectivity index (χ1n) is 11.7. The molecule has 32 heavy (non-hydrogen) atoms. The van der Waals surface area contributed by atoms with E-state index >= 15 is 0 Å². The Bertz CT molecular complexity index is 775. The lowest BCUT2D eigenvalue weighted by Gasteiger charge is -2.44. The van der Waals surface area contributed by atoms with Gasteiger partial charge in [0.15, 0.2) is 0 Å². The van der Waals surface area contributed by atoms with E-state index in [-0.39, 0.29) is 30.9 Å². The summed E-state index contributed by atoms with van der Waals surface area (Å²) in [5, 5.41) is 10.2. The van der Waals surface area contributed by atoms with E-state index in [1.807, 2.05) is 34.6 Å². The minimum Gasteiger partial charge on any atom is -0.466 e. The predicted molar refractivity (Wildman–Crippen MR) is 118 cm³/mol. The second-order valence-corrected chi connectivity index (χ2v) is 10.5. The Kier molecular flexibility index (Phi) is 6.78. The molecule has 0 aromatic rings. The fraction of sp³-hybridized carbons (Fsp3) is 0.792. The van der Waals surface area contributed by atoms with E-state index in [1.165, 1.54) is 4.90 Å². The molecule has 3 rings (SSSR count). The number of hydrogen-bond donors (Lipinski definition) is 1. The highest BCUT2D eigenvalue weighted by Gasteiger charge is 2.75. The van der Waals surface area contributed by atoms with Gasteiger partial charge in [-0.2, -0.15) is 0 Å². The topological polar surface area (TPSA) is 96.4 Å². The van der Waals surface area contributed by atoms with Crippen LogP contribution in [-0.4, -0.2) is 81.8 Å². The predicted octanol–water partition coefficient (Wildman–Crippen LogP) is 1.75. The zero-order valence-corrected chi connectivity index (χ0v) is 20.2. The molecule has 8 nitrogen and oxygen atoms in total. The van der Waals surface area contributed by atoms with Gasteiger partial charge in [0.1, 0.15) is 11.6 Å². The zero-order valence-electron chi connectivity index (χ0n) is 20.2. The summed E-state index contributed by atoms with van der Waals surface area (Å²) in [4.78, 5) is 44.1. The molecule has 3 heterocycles. The summed E-state index contributed by atoms with van der Waals surface area (Å²) in [7, 11) is 0. The lowest BCUT2D eigenvalue weighted by atomic mass is 9.70. The minimum atomic E-state index is -1.09. The van der Waals surface area contributed by atoms with Crippen LogP contribution in [0.25, 0.3) is 0 Å². The number of aliphatic hydroxyl groups is 1. The molecular weight excluding hydrogens is 412 g/mol. The molecular formula is C24H38N2O6. The van der Waals surface area contributed by atoms with Crippen LogP contribution in [-0.2, 0) is 23.9 Å². The molecule has 0 aliphatic carbocycles. The molecule has 0 saturated carbocycles. The highest BCUT2D eigenvalue weighted by Crippen LogP contribution is 2.59. The van der Waals surface area contributed by atoms with Gasteiger partial charge in [-0.15, -0.1) is 6.58 Å². The molecule has 1 spiro atoms. The van der Waals surface area contributed by atoms with Gasteiger partial charge in [0.05, 0.1) is 37.2 Å². The summed E-state index contributed by atoms with van der Waals surface area (Å²) in [5.41, 5.74) is -1.61. The molecule has 0 aromatic carbocycles. The Labute approximate surface area is 190 Å². The van der Waals surface area contributed by atoms with Crippen LogP contribution in [0.5, 0.6) is 0 Å². The van der Waals surface area contributed by atoms with Crippen molar-refractivity contribution < 1.29 is 29.0 Å². The van der Waals surface area contributed by atoms with Gasteiger partial charge in [0.2, 0.25) is 11.8 Å². The Morgan fingerprint density at radius 2 is 2.06 bits per heavy atom. The van der Waals surface area contributed by atoms with E-state index in [2.05, 4.69) is 6.58 Å². The van der Waals surface area contributed by atoms with E-state index in [0.717, 1.165) is 0 Å². The Hall–Kier alpha value is -1.93. The maximum absolute atomic E-state index is 14.1. The average molecular weight is 451 g/mol. The van der Waals surface area contributed by atoms with Crippen molar-refractivity contribution in [2.24, 2.45) is 17.8 Å². The zero-order chi connectivity index (χ0) is 24.0. The number of likely N-dealkylation sites (tertiary alicyclic amines) is 1. The number of rotatable bonds is 8. The third-order valence-electron chi connectivity index (χ3n) is 7.23. The van der Waals surface area contributed by atoms with Crippen molar-refractivity contribution in [1.29, 1.82) is 0 Å². The molecule has 6 atom stereocenters. The smallest absolute Gasteiger partial charge is 0.312 e. The molecule has 0 radical (unpaired) electrons. The first-order valence-corrected chi connectivity index (χ1v) is 11.7. The maximum Gasteiger partial charge on any atom is 0.312 e. The van der Waals surface area contributed by atoms with Crippen molar-refractivity contribution in [3.63, 3.8) is 0 Å². The summed E-state index contributed by atoms with van der Waals surface area (Å²) < 4.78 is 11.7. The summed E-state index contributed by atoms with van der Waals surface area (Å²) in [6.45, 7) is 15.4. The number of nitrogens with zero attached hydrogens (tertiary/aromatic N) is 2. The van der Waals surface area contributed by atoms with Gasteiger partial charge in [0.25, 0.3) is 0 Å². The van der Waals surface area contributed by atoms with E-state index in [1.54, 1.807) is 17.9 Å². The Morgan fingerprint density at radius 1 is 1.41 bits per heavy atom. The third kappa shape index (κ3) is 3.65. The third-order valence-corrected chi connectivity index (χ3v) is 7.23. The molecule has 2 bridgehead atoms. The van der Waals surface area contributed by atoms with Crippen molar-refractivity contribution in [2.75, 3.05) is 19.8 Å². The van der Waals surface area contributed by atoms with Gasteiger partial charge >= 0.3 is 5.97 Å². The summed E-state index contributed by atoms with van der Waals surface area (Å²) >= 11 is 0. The lowest BCUT2D eigenvalue weighted by Crippen LogP contribution is -2.62. The molecule has 180 valence electrons. The van der Waals surface area contributed by atoms with Crippen LogP contribution in [0.1, 0.15) is 54.4 Å². The fourth-order valence-corrected chi connectivity index (χ4v) is 5.83. The van der Waals surface area contributed by atoms with Crippen LogP contribution >= 0.6 is 0 Å². The molecule has 3 aliphatic heterocycles. The summed E-state index contributed by atoms with van der Waals surface area (Å²) in [6.07, 6.45) is 2.33. The number of amides is 2. The molecule has 2 unspecified atom stereocenters. The van der Waals surface area contributed by atoms with Crippen LogP contribution in [0.2, 0.25) is 0 Å². The second-order valence-electron chi connectivity index (χ2n) is 10.5. The number of carbonyl (C=O) groups excluding carboxylic acids is 3. The fourth-order valence-electron chi connectivity index (χ4n) is 5.83. The van der Waals surface area contributed by atoms with Crippen LogP contribution in [0, 0.1) is 17.8 Å². The van der Waals surface area contributed by atoms with E-state index in [4.69, 9.17) is 9.47 Å². The quantitative estimate of drug-likeness (QED) is 0.447. The van der Waals surface area contributed by atoms with Crippen molar-refractivity contribution in [3.05, 3.63) is 12.7 Å². The average Bonchev–Trinajstić information content (AvgIpc) is 3.33. The van der Waals surface area contributed by atoms with Gasteiger partial charge in [-0.25, -0.2) is 0 Å². The van der Waals surface area contributed by atoms with Gasteiger partial charge in [-0.3, -0.25) is 14.4 Å². The van der Waals surface area contributed by atoms with E-state index < -0.39 is 47.1 Å². The van der Waals surface area contributed by atoms with Crippen LogP contribution in [0.4, 0.5) is 0 Å². The Morgan fingerprint density at radius 3 is 2.56 bits per heavy atom. The van der Waals surface area contributed by atoms with Gasteiger partial charge in [0, 0.05) is 12.1 Å². The van der Waals surface area contributed by atoms with Crippen LogP contribution < -0.4 is 0 Å². The molecule has 1 N–H and O–H groups in total. The molecule has 3 saturated heterocycles. The second kappa shape index (κ2) is 8.78. The maximum atomic E-state index is 14.1. The summed E-state index contributed by atoms with van der Waals surface area (Å²) in [5.74, 6) is -2.59. The van der Waals surface area contributed by atoms with Gasteiger partial charge < -0.3 is 24.4 Å². The Balaban J connectivity index is 2.14. The highest BCUT2D eigenvalue weighted by molar-refractivity contribution is 5.98. The first-order chi connectivity index (χ1) is 15.0. The monoisotopic (exact) mass is 450 g/mol. The van der Waals surface area contributed by atoms with Crippen LogP contribution in [0.3, 0.4) is 0 Å². The lowest BCUT2D eigenvalue weighted by molar-refractivity contribution is -0.158. The first kappa shape index (κ1) is 24.7. The van der Waals surface area contributed by atoms with Gasteiger partial charge in [-0.05, 0) is 46.5 Å². The van der Waals surface area contributed by atoms with Crippen molar-refractivity contribution >= 4 is 17.8 Å². The van der Waals surface area contributed by atoms with Gasteiger partial charge in [-0.1, -0.05) is 19.9 Å². The largest absolute Gasteiger partial charge is 0.466 e. The normalized spacial score (nSPS) is 32.2. The molecule has 3 aliphatic rings. The number of fused-ring (bicyclic) bond motifs is 1.